The van der Waals surface area contributed by atoms with Crippen molar-refractivity contribution in [1.29, 1.82) is 0 Å². The molecule has 0 fully saturated rings. The van der Waals surface area contributed by atoms with Gasteiger partial charge >= 0.3 is 0 Å². The van der Waals surface area contributed by atoms with Crippen LogP contribution in [0.15, 0.2) is 60.2 Å². The molecule has 0 bridgehead atoms. The predicted molar refractivity (Wildman–Crippen MR) is 67.8 cm³/mol. The topological polar surface area (TPSA) is 0 Å². The Kier molecular flexibility index (Phi) is 6.31. The van der Waals surface area contributed by atoms with Gasteiger partial charge in [0.15, 0.2) is 0 Å². The van der Waals surface area contributed by atoms with E-state index in [-0.39, 0.29) is 0 Å². The van der Waals surface area contributed by atoms with E-state index in [1.165, 1.54) is 25.7 Å². The molecule has 0 unspecified atom stereocenters. The Labute approximate surface area is 93.3 Å². The second-order valence-corrected chi connectivity index (χ2v) is 3.72. The van der Waals surface area contributed by atoms with Crippen molar-refractivity contribution in [3.63, 3.8) is 0 Å². The summed E-state index contributed by atoms with van der Waals surface area (Å²) in [6.07, 6.45) is 11.8. The lowest BCUT2D eigenvalue weighted by atomic mass is 10.1. The molecule has 1 aromatic rings. The molecule has 0 N–H and O–H groups in total. The second kappa shape index (κ2) is 8.05. The Hall–Kier alpha value is -1.30. The molecular formula is C15H20. The fourth-order valence-electron chi connectivity index (χ4n) is 1.47. The summed E-state index contributed by atoms with van der Waals surface area (Å²) in [5.41, 5.74) is 1.61. The third-order valence-corrected chi connectivity index (χ3v) is 2.37. The zero-order chi connectivity index (χ0) is 10.8. The van der Waals surface area contributed by atoms with Crippen molar-refractivity contribution >= 4 is 0 Å². The number of unbranched alkanes of at least 4 members (excludes halogenated alkanes) is 1. The minimum Gasteiger partial charge on any atom is -0.0805 e. The third-order valence-electron chi connectivity index (χ3n) is 2.37. The minimum atomic E-state index is 1.21. The molecule has 0 heteroatoms. The first-order valence-electron chi connectivity index (χ1n) is 5.78. The van der Waals surface area contributed by atoms with E-state index < -0.39 is 0 Å². The molecule has 0 saturated carbocycles. The van der Waals surface area contributed by atoms with Crippen molar-refractivity contribution in [2.45, 2.75) is 32.6 Å². The largest absolute Gasteiger partial charge is 0.0805 e. The summed E-state index contributed by atoms with van der Waals surface area (Å²) < 4.78 is 0. The zero-order valence-corrected chi connectivity index (χ0v) is 9.52. The lowest BCUT2D eigenvalue weighted by Gasteiger charge is -1.96. The molecule has 0 aromatic heterocycles. The van der Waals surface area contributed by atoms with E-state index in [4.69, 9.17) is 0 Å². The molecule has 0 radical (unpaired) electrons. The quantitative estimate of drug-likeness (QED) is 0.660. The van der Waals surface area contributed by atoms with E-state index in [9.17, 15) is 0 Å². The molecular weight excluding hydrogens is 180 g/mol. The van der Waals surface area contributed by atoms with Crippen LogP contribution in [-0.2, 0) is 0 Å². The molecule has 15 heavy (non-hydrogen) atoms. The van der Waals surface area contributed by atoms with Crippen LogP contribution in [-0.4, -0.2) is 0 Å². The second-order valence-electron chi connectivity index (χ2n) is 3.72. The van der Waals surface area contributed by atoms with Gasteiger partial charge in [-0.1, -0.05) is 73.5 Å². The van der Waals surface area contributed by atoms with E-state index in [0.29, 0.717) is 0 Å². The van der Waals surface area contributed by atoms with Crippen molar-refractivity contribution < 1.29 is 0 Å². The number of allylic oxidation sites excluding steroid dienone is 4. The highest BCUT2D eigenvalue weighted by Crippen LogP contribution is 2.16. The van der Waals surface area contributed by atoms with Crippen LogP contribution < -0.4 is 0 Å². The maximum absolute atomic E-state index is 2.25. The Balaban J connectivity index is 0.000000162. The number of hydrogen-bond donors (Lipinski definition) is 0. The summed E-state index contributed by atoms with van der Waals surface area (Å²) in [6.45, 7) is 2.24. The maximum atomic E-state index is 2.25. The van der Waals surface area contributed by atoms with Crippen molar-refractivity contribution in [2.24, 2.45) is 0 Å². The first-order chi connectivity index (χ1) is 7.43. The van der Waals surface area contributed by atoms with Crippen LogP contribution in [0, 0.1) is 0 Å². The molecule has 80 valence electrons. The Morgan fingerprint density at radius 3 is 2.00 bits per heavy atom. The average Bonchev–Trinajstić information content (AvgIpc) is 2.82. The van der Waals surface area contributed by atoms with Gasteiger partial charge in [0.2, 0.25) is 0 Å². The van der Waals surface area contributed by atoms with E-state index >= 15 is 0 Å². The van der Waals surface area contributed by atoms with Crippen LogP contribution in [0.2, 0.25) is 0 Å². The molecule has 1 aromatic carbocycles. The zero-order valence-electron chi connectivity index (χ0n) is 9.52. The summed E-state index contributed by atoms with van der Waals surface area (Å²) in [6, 6.07) is 12.0. The Morgan fingerprint density at radius 2 is 1.60 bits per heavy atom. The van der Waals surface area contributed by atoms with Gasteiger partial charge in [-0.25, -0.2) is 0 Å². The van der Waals surface area contributed by atoms with Gasteiger partial charge in [-0.3, -0.25) is 0 Å². The van der Waals surface area contributed by atoms with Crippen LogP contribution in [0.1, 0.15) is 32.6 Å². The fourth-order valence-corrected chi connectivity index (χ4v) is 1.47. The summed E-state index contributed by atoms with van der Waals surface area (Å²) in [5, 5.41) is 0. The summed E-state index contributed by atoms with van der Waals surface area (Å²) in [5.74, 6) is 0. The molecule has 0 heterocycles. The maximum Gasteiger partial charge on any atom is -0.0133 e. The molecule has 1 aliphatic rings. The van der Waals surface area contributed by atoms with Crippen LogP contribution in [0.25, 0.3) is 0 Å². The van der Waals surface area contributed by atoms with Gasteiger partial charge in [-0.15, -0.1) is 0 Å². The molecule has 2 rings (SSSR count). The van der Waals surface area contributed by atoms with Crippen molar-refractivity contribution in [3.05, 3.63) is 60.2 Å². The van der Waals surface area contributed by atoms with Gasteiger partial charge in [0.1, 0.15) is 0 Å². The highest BCUT2D eigenvalue weighted by molar-refractivity contribution is 5.22. The fraction of sp³-hybridized carbons (Fsp3) is 0.333. The normalized spacial score (nSPS) is 13.0. The minimum absolute atomic E-state index is 1.21. The highest BCUT2D eigenvalue weighted by Gasteiger charge is 1.96. The predicted octanol–water partition coefficient (Wildman–Crippen LogP) is 4.75. The SMILES string of the molecule is CCCCC1=CC=CC1.c1ccccc1. The Morgan fingerprint density at radius 1 is 1.00 bits per heavy atom. The van der Waals surface area contributed by atoms with Crippen molar-refractivity contribution in [1.82, 2.24) is 0 Å². The smallest absolute Gasteiger partial charge is 0.0133 e. The Bertz CT molecular complexity index is 266. The molecule has 0 atom stereocenters. The van der Waals surface area contributed by atoms with Crippen LogP contribution >= 0.6 is 0 Å². The van der Waals surface area contributed by atoms with E-state index in [1.54, 1.807) is 5.57 Å². The molecule has 0 amide bonds. The molecule has 0 nitrogen and oxygen atoms in total. The van der Waals surface area contributed by atoms with Crippen LogP contribution in [0.4, 0.5) is 0 Å². The summed E-state index contributed by atoms with van der Waals surface area (Å²) >= 11 is 0. The molecule has 0 aliphatic heterocycles. The monoisotopic (exact) mass is 200 g/mol. The highest BCUT2D eigenvalue weighted by atomic mass is 14.0. The van der Waals surface area contributed by atoms with E-state index in [0.717, 1.165) is 0 Å². The van der Waals surface area contributed by atoms with Crippen LogP contribution in [0.3, 0.4) is 0 Å². The van der Waals surface area contributed by atoms with E-state index in [2.05, 4.69) is 25.2 Å². The van der Waals surface area contributed by atoms with Crippen molar-refractivity contribution in [2.75, 3.05) is 0 Å². The van der Waals surface area contributed by atoms with Gasteiger partial charge in [0.25, 0.3) is 0 Å². The number of hydrogen-bond acceptors (Lipinski definition) is 0. The van der Waals surface area contributed by atoms with Crippen molar-refractivity contribution in [3.8, 4) is 0 Å². The first kappa shape index (κ1) is 11.8. The van der Waals surface area contributed by atoms with Gasteiger partial charge in [0.05, 0.1) is 0 Å². The lowest BCUT2D eigenvalue weighted by molar-refractivity contribution is 0.779. The number of rotatable bonds is 3. The standard InChI is InChI=1S/C9H14.C6H6/c1-2-3-6-9-7-4-5-8-9;1-2-4-6-5-3-1/h4-5,7H,2-3,6,8H2,1H3;1-6H. The van der Waals surface area contributed by atoms with E-state index in [1.807, 2.05) is 36.4 Å². The molecule has 0 saturated heterocycles. The van der Waals surface area contributed by atoms with Gasteiger partial charge in [-0.05, 0) is 19.3 Å². The summed E-state index contributed by atoms with van der Waals surface area (Å²) in [4.78, 5) is 0. The van der Waals surface area contributed by atoms with Gasteiger partial charge in [-0.2, -0.15) is 0 Å². The molecule has 1 aliphatic carbocycles. The van der Waals surface area contributed by atoms with Gasteiger partial charge in [0, 0.05) is 0 Å². The lowest BCUT2D eigenvalue weighted by Crippen LogP contribution is -1.77. The third kappa shape index (κ3) is 5.90. The van der Waals surface area contributed by atoms with Crippen LogP contribution in [0.5, 0.6) is 0 Å². The number of benzene rings is 1. The molecule has 0 spiro atoms. The first-order valence-corrected chi connectivity index (χ1v) is 5.78. The summed E-state index contributed by atoms with van der Waals surface area (Å²) in [7, 11) is 0. The average molecular weight is 200 g/mol. The van der Waals surface area contributed by atoms with Gasteiger partial charge < -0.3 is 0 Å².